The average Bonchev–Trinajstić information content (AvgIpc) is 2.03. The van der Waals surface area contributed by atoms with Gasteiger partial charge in [0, 0.05) is 11.3 Å². The minimum Gasteiger partial charge on any atom is -0.466 e. The van der Waals surface area contributed by atoms with Crippen LogP contribution in [-0.4, -0.2) is 18.3 Å². The van der Waals surface area contributed by atoms with Crippen molar-refractivity contribution in [1.29, 1.82) is 0 Å². The Kier molecular flexibility index (Phi) is 5.89. The van der Waals surface area contributed by atoms with Crippen LogP contribution < -0.4 is 0 Å². The molecule has 0 saturated carbocycles. The summed E-state index contributed by atoms with van der Waals surface area (Å²) in [5, 5.41) is 2.32. The number of rotatable bonds is 4. The minimum absolute atomic E-state index is 0.293. The molecule has 0 aromatic heterocycles. The summed E-state index contributed by atoms with van der Waals surface area (Å²) >= 11 is 1.65. The number of hydrogen-bond acceptors (Lipinski definition) is 3. The lowest BCUT2D eigenvalue weighted by Crippen LogP contribution is -2.04. The predicted octanol–water partition coefficient (Wildman–Crippen LogP) is 2.45. The Hall–Kier alpha value is -0.440. The van der Waals surface area contributed by atoms with Gasteiger partial charge >= 0.3 is 5.97 Å². The van der Waals surface area contributed by atoms with Crippen LogP contribution in [0, 0.1) is 5.92 Å². The molecule has 0 aromatic carbocycles. The van der Waals surface area contributed by atoms with Crippen molar-refractivity contribution in [2.24, 2.45) is 5.92 Å². The van der Waals surface area contributed by atoms with Crippen molar-refractivity contribution < 1.29 is 9.53 Å². The molecule has 12 heavy (non-hydrogen) atoms. The molecule has 0 fully saturated rings. The molecule has 2 nitrogen and oxygen atoms in total. The van der Waals surface area contributed by atoms with Gasteiger partial charge in [0.15, 0.2) is 0 Å². The molecule has 0 bridgehead atoms. The summed E-state index contributed by atoms with van der Waals surface area (Å²) < 4.78 is 4.45. The number of hydrogen-bond donors (Lipinski definition) is 0. The number of methoxy groups -OCH3 is 1. The highest BCUT2D eigenvalue weighted by molar-refractivity contribution is 8.02. The molecular formula is C9H16O2S. The highest BCUT2D eigenvalue weighted by atomic mass is 32.2. The number of esters is 1. The van der Waals surface area contributed by atoms with Crippen molar-refractivity contribution in [3.63, 3.8) is 0 Å². The molecule has 0 amide bonds. The number of thioether (sulfide) groups is 1. The van der Waals surface area contributed by atoms with Crippen LogP contribution in [0.1, 0.15) is 20.8 Å². The summed E-state index contributed by atoms with van der Waals surface area (Å²) in [7, 11) is 1.38. The SMILES string of the molecule is COC(=O)/C=C/SC(C)C(C)C. The number of ether oxygens (including phenoxy) is 1. The van der Waals surface area contributed by atoms with E-state index < -0.39 is 0 Å². The van der Waals surface area contributed by atoms with E-state index in [0.29, 0.717) is 11.2 Å². The maximum Gasteiger partial charge on any atom is 0.330 e. The Labute approximate surface area is 78.4 Å². The third kappa shape index (κ3) is 5.24. The molecule has 0 N–H and O–H groups in total. The van der Waals surface area contributed by atoms with Crippen LogP contribution in [0.2, 0.25) is 0 Å². The second-order valence-electron chi connectivity index (χ2n) is 2.91. The Balaban J connectivity index is 3.67. The van der Waals surface area contributed by atoms with Gasteiger partial charge in [-0.3, -0.25) is 0 Å². The lowest BCUT2D eigenvalue weighted by molar-refractivity contribution is -0.134. The molecule has 3 heteroatoms. The summed E-state index contributed by atoms with van der Waals surface area (Å²) in [6.07, 6.45) is 1.45. The summed E-state index contributed by atoms with van der Waals surface area (Å²) in [6.45, 7) is 6.45. The zero-order valence-electron chi connectivity index (χ0n) is 8.03. The van der Waals surface area contributed by atoms with Gasteiger partial charge in [-0.1, -0.05) is 20.8 Å². The van der Waals surface area contributed by atoms with Crippen molar-refractivity contribution >= 4 is 17.7 Å². The van der Waals surface area contributed by atoms with Gasteiger partial charge in [-0.15, -0.1) is 11.8 Å². The van der Waals surface area contributed by atoms with Crippen LogP contribution >= 0.6 is 11.8 Å². The van der Waals surface area contributed by atoms with Gasteiger partial charge in [-0.05, 0) is 11.3 Å². The van der Waals surface area contributed by atoms with Crippen LogP contribution in [0.3, 0.4) is 0 Å². The van der Waals surface area contributed by atoms with Crippen molar-refractivity contribution in [3.05, 3.63) is 11.5 Å². The van der Waals surface area contributed by atoms with Gasteiger partial charge < -0.3 is 4.74 Å². The summed E-state index contributed by atoms with van der Waals surface area (Å²) in [4.78, 5) is 10.6. The zero-order chi connectivity index (χ0) is 9.56. The second kappa shape index (κ2) is 6.12. The van der Waals surface area contributed by atoms with Gasteiger partial charge in [0.2, 0.25) is 0 Å². The van der Waals surface area contributed by atoms with E-state index in [4.69, 9.17) is 0 Å². The smallest absolute Gasteiger partial charge is 0.330 e. The lowest BCUT2D eigenvalue weighted by atomic mass is 10.2. The van der Waals surface area contributed by atoms with Gasteiger partial charge in [0.05, 0.1) is 7.11 Å². The summed E-state index contributed by atoms with van der Waals surface area (Å²) in [6, 6.07) is 0. The highest BCUT2D eigenvalue weighted by Gasteiger charge is 2.04. The van der Waals surface area contributed by atoms with Crippen LogP contribution in [-0.2, 0) is 9.53 Å². The molecule has 0 saturated heterocycles. The molecular weight excluding hydrogens is 172 g/mol. The predicted molar refractivity (Wildman–Crippen MR) is 53.0 cm³/mol. The van der Waals surface area contributed by atoms with E-state index in [0.717, 1.165) is 0 Å². The quantitative estimate of drug-likeness (QED) is 0.500. The van der Waals surface area contributed by atoms with E-state index in [1.807, 2.05) is 0 Å². The topological polar surface area (TPSA) is 26.3 Å². The molecule has 0 heterocycles. The van der Waals surface area contributed by atoms with Gasteiger partial charge in [0.25, 0.3) is 0 Å². The first-order chi connectivity index (χ1) is 5.57. The van der Waals surface area contributed by atoms with E-state index in [2.05, 4.69) is 25.5 Å². The molecule has 0 spiro atoms. The maximum atomic E-state index is 10.6. The normalized spacial score (nSPS) is 13.8. The maximum absolute atomic E-state index is 10.6. The molecule has 0 aliphatic carbocycles. The molecule has 0 radical (unpaired) electrons. The van der Waals surface area contributed by atoms with Crippen molar-refractivity contribution in [1.82, 2.24) is 0 Å². The number of carbonyl (C=O) groups excluding carboxylic acids is 1. The fourth-order valence-electron chi connectivity index (χ4n) is 0.444. The molecule has 1 unspecified atom stereocenters. The van der Waals surface area contributed by atoms with Crippen LogP contribution in [0.5, 0.6) is 0 Å². The fourth-order valence-corrected chi connectivity index (χ4v) is 1.20. The lowest BCUT2D eigenvalue weighted by Gasteiger charge is -2.11. The van der Waals surface area contributed by atoms with Crippen LogP contribution in [0.4, 0.5) is 0 Å². The summed E-state index contributed by atoms with van der Waals surface area (Å²) in [5.74, 6) is 0.329. The first-order valence-electron chi connectivity index (χ1n) is 3.98. The zero-order valence-corrected chi connectivity index (χ0v) is 8.85. The van der Waals surface area contributed by atoms with E-state index in [1.165, 1.54) is 13.2 Å². The molecule has 0 aliphatic heterocycles. The Morgan fingerprint density at radius 1 is 1.42 bits per heavy atom. The summed E-state index contributed by atoms with van der Waals surface area (Å²) in [5.41, 5.74) is 0. The molecule has 70 valence electrons. The third-order valence-corrected chi connectivity index (χ3v) is 2.90. The first-order valence-corrected chi connectivity index (χ1v) is 4.92. The monoisotopic (exact) mass is 188 g/mol. The second-order valence-corrected chi connectivity index (χ2v) is 4.20. The first kappa shape index (κ1) is 11.6. The molecule has 0 rings (SSSR count). The Morgan fingerprint density at radius 3 is 2.42 bits per heavy atom. The molecule has 1 atom stereocenters. The Bertz CT molecular complexity index is 164. The van der Waals surface area contributed by atoms with E-state index in [-0.39, 0.29) is 5.97 Å². The largest absolute Gasteiger partial charge is 0.466 e. The fraction of sp³-hybridized carbons (Fsp3) is 0.667. The van der Waals surface area contributed by atoms with Crippen molar-refractivity contribution in [3.8, 4) is 0 Å². The minimum atomic E-state index is -0.293. The van der Waals surface area contributed by atoms with Crippen LogP contribution in [0.25, 0.3) is 0 Å². The van der Waals surface area contributed by atoms with Crippen LogP contribution in [0.15, 0.2) is 11.5 Å². The molecule has 0 aliphatic rings. The van der Waals surface area contributed by atoms with E-state index in [1.54, 1.807) is 17.2 Å². The molecule has 0 aromatic rings. The number of carbonyl (C=O) groups is 1. The standard InChI is InChI=1S/C9H16O2S/c1-7(2)8(3)12-6-5-9(10)11-4/h5-8H,1-4H3/b6-5+. The van der Waals surface area contributed by atoms with Gasteiger partial charge in [0.1, 0.15) is 0 Å². The van der Waals surface area contributed by atoms with E-state index in [9.17, 15) is 4.79 Å². The van der Waals surface area contributed by atoms with Gasteiger partial charge in [-0.25, -0.2) is 4.79 Å². The van der Waals surface area contributed by atoms with E-state index >= 15 is 0 Å². The average molecular weight is 188 g/mol. The van der Waals surface area contributed by atoms with Crippen molar-refractivity contribution in [2.75, 3.05) is 7.11 Å². The highest BCUT2D eigenvalue weighted by Crippen LogP contribution is 2.19. The third-order valence-electron chi connectivity index (χ3n) is 1.64. The Morgan fingerprint density at radius 2 is 2.00 bits per heavy atom. The van der Waals surface area contributed by atoms with Crippen molar-refractivity contribution in [2.45, 2.75) is 26.0 Å². The van der Waals surface area contributed by atoms with Gasteiger partial charge in [-0.2, -0.15) is 0 Å².